The molecular weight excluding hydrogens is 226 g/mol. The number of rotatable bonds is 4. The molecule has 0 saturated carbocycles. The van der Waals surface area contributed by atoms with Crippen molar-refractivity contribution in [3.63, 3.8) is 0 Å². The fraction of sp³-hybridized carbons (Fsp3) is 0.133. The highest BCUT2D eigenvalue weighted by atomic mass is 16.3. The van der Waals surface area contributed by atoms with E-state index in [4.69, 9.17) is 0 Å². The van der Waals surface area contributed by atoms with Crippen LogP contribution >= 0.6 is 0 Å². The summed E-state index contributed by atoms with van der Waals surface area (Å²) in [5.74, 6) is -0.265. The van der Waals surface area contributed by atoms with Crippen LogP contribution in [0.3, 0.4) is 0 Å². The first kappa shape index (κ1) is 12.3. The fourth-order valence-corrected chi connectivity index (χ4v) is 1.71. The molecule has 0 heterocycles. The number of hydrogen-bond donors (Lipinski definition) is 2. The van der Waals surface area contributed by atoms with Gasteiger partial charge in [0.1, 0.15) is 6.23 Å². The molecule has 92 valence electrons. The summed E-state index contributed by atoms with van der Waals surface area (Å²) in [4.78, 5) is 11.8. The van der Waals surface area contributed by atoms with Gasteiger partial charge in [0.2, 0.25) is 0 Å². The Hall–Kier alpha value is -2.13. The van der Waals surface area contributed by atoms with Gasteiger partial charge in [-0.3, -0.25) is 4.79 Å². The lowest BCUT2D eigenvalue weighted by Crippen LogP contribution is -2.36. The predicted octanol–water partition coefficient (Wildman–Crippen LogP) is 1.98. The van der Waals surface area contributed by atoms with E-state index in [0.717, 1.165) is 5.56 Å². The second-order valence-electron chi connectivity index (χ2n) is 4.05. The third-order valence-corrected chi connectivity index (χ3v) is 2.61. The molecule has 0 fully saturated rings. The molecule has 1 amide bonds. The summed E-state index contributed by atoms with van der Waals surface area (Å²) < 4.78 is 0. The molecule has 0 bridgehead atoms. The summed E-state index contributed by atoms with van der Waals surface area (Å²) >= 11 is 0. The number of hydrogen-bond acceptors (Lipinski definition) is 2. The maximum Gasteiger partial charge on any atom is 0.253 e. The molecule has 3 heteroatoms. The minimum Gasteiger partial charge on any atom is -0.373 e. The maximum absolute atomic E-state index is 11.8. The van der Waals surface area contributed by atoms with Gasteiger partial charge in [0, 0.05) is 12.0 Å². The van der Waals surface area contributed by atoms with Crippen molar-refractivity contribution in [1.29, 1.82) is 0 Å². The van der Waals surface area contributed by atoms with Crippen molar-refractivity contribution in [3.8, 4) is 0 Å². The van der Waals surface area contributed by atoms with Gasteiger partial charge in [-0.2, -0.15) is 0 Å². The molecule has 0 saturated heterocycles. The molecule has 1 atom stereocenters. The number of carbonyl (C=O) groups excluding carboxylic acids is 1. The minimum atomic E-state index is -0.875. The average molecular weight is 241 g/mol. The van der Waals surface area contributed by atoms with Crippen molar-refractivity contribution in [3.05, 3.63) is 71.8 Å². The van der Waals surface area contributed by atoms with E-state index in [0.29, 0.717) is 12.0 Å². The Morgan fingerprint density at radius 1 is 1.00 bits per heavy atom. The number of carbonyl (C=O) groups is 1. The van der Waals surface area contributed by atoms with E-state index in [-0.39, 0.29) is 5.91 Å². The Balaban J connectivity index is 1.92. The van der Waals surface area contributed by atoms with Crippen molar-refractivity contribution in [2.24, 2.45) is 0 Å². The second kappa shape index (κ2) is 5.98. The van der Waals surface area contributed by atoms with Crippen molar-refractivity contribution in [2.75, 3.05) is 0 Å². The highest BCUT2D eigenvalue weighted by Crippen LogP contribution is 2.03. The van der Waals surface area contributed by atoms with E-state index in [1.54, 1.807) is 24.3 Å². The van der Waals surface area contributed by atoms with Gasteiger partial charge in [-0.15, -0.1) is 0 Å². The number of benzene rings is 2. The van der Waals surface area contributed by atoms with Crippen molar-refractivity contribution < 1.29 is 9.90 Å². The molecule has 2 rings (SSSR count). The molecule has 18 heavy (non-hydrogen) atoms. The predicted molar refractivity (Wildman–Crippen MR) is 70.1 cm³/mol. The largest absolute Gasteiger partial charge is 0.373 e. The van der Waals surface area contributed by atoms with Gasteiger partial charge >= 0.3 is 0 Å². The highest BCUT2D eigenvalue weighted by Gasteiger charge is 2.10. The molecule has 0 aliphatic carbocycles. The standard InChI is InChI=1S/C15H15NO2/c17-14(11-12-7-3-1-4-8-12)16-15(18)13-9-5-2-6-10-13/h1-10,14,17H,11H2,(H,16,18). The van der Waals surface area contributed by atoms with Crippen LogP contribution in [0.25, 0.3) is 0 Å². The second-order valence-corrected chi connectivity index (χ2v) is 4.05. The van der Waals surface area contributed by atoms with Crippen molar-refractivity contribution in [2.45, 2.75) is 12.6 Å². The minimum absolute atomic E-state index is 0.265. The fourth-order valence-electron chi connectivity index (χ4n) is 1.71. The van der Waals surface area contributed by atoms with E-state index >= 15 is 0 Å². The summed E-state index contributed by atoms with van der Waals surface area (Å²) in [7, 11) is 0. The molecule has 0 spiro atoms. The normalized spacial score (nSPS) is 11.8. The van der Waals surface area contributed by atoms with Gasteiger partial charge < -0.3 is 10.4 Å². The van der Waals surface area contributed by atoms with Gasteiger partial charge in [-0.1, -0.05) is 48.5 Å². The van der Waals surface area contributed by atoms with E-state index < -0.39 is 6.23 Å². The van der Waals surface area contributed by atoms with Crippen LogP contribution in [0.15, 0.2) is 60.7 Å². The average Bonchev–Trinajstić information content (AvgIpc) is 2.40. The van der Waals surface area contributed by atoms with E-state index in [1.807, 2.05) is 36.4 Å². The lowest BCUT2D eigenvalue weighted by Gasteiger charge is -2.12. The van der Waals surface area contributed by atoms with Gasteiger partial charge in [0.15, 0.2) is 0 Å². The van der Waals surface area contributed by atoms with E-state index in [1.165, 1.54) is 0 Å². The molecule has 0 aliphatic rings. The molecule has 1 unspecified atom stereocenters. The lowest BCUT2D eigenvalue weighted by molar-refractivity contribution is 0.0785. The van der Waals surface area contributed by atoms with Gasteiger partial charge in [0.25, 0.3) is 5.91 Å². The van der Waals surface area contributed by atoms with E-state index in [9.17, 15) is 9.90 Å². The Morgan fingerprint density at radius 3 is 2.17 bits per heavy atom. The monoisotopic (exact) mass is 241 g/mol. The molecule has 0 aromatic heterocycles. The first-order chi connectivity index (χ1) is 8.75. The zero-order valence-corrected chi connectivity index (χ0v) is 9.91. The van der Waals surface area contributed by atoms with E-state index in [2.05, 4.69) is 5.32 Å². The first-order valence-electron chi connectivity index (χ1n) is 5.83. The summed E-state index contributed by atoms with van der Waals surface area (Å²) in [5, 5.41) is 12.4. The number of aliphatic hydroxyl groups is 1. The Kier molecular flexibility index (Phi) is 4.10. The quantitative estimate of drug-likeness (QED) is 0.804. The van der Waals surface area contributed by atoms with Gasteiger partial charge in [0.05, 0.1) is 0 Å². The van der Waals surface area contributed by atoms with Crippen LogP contribution in [-0.2, 0) is 6.42 Å². The molecule has 0 aliphatic heterocycles. The first-order valence-corrected chi connectivity index (χ1v) is 5.83. The van der Waals surface area contributed by atoms with Gasteiger partial charge in [-0.05, 0) is 17.7 Å². The summed E-state index contributed by atoms with van der Waals surface area (Å²) in [6, 6.07) is 18.4. The zero-order chi connectivity index (χ0) is 12.8. The number of nitrogens with one attached hydrogen (secondary N) is 1. The van der Waals surface area contributed by atoms with Crippen LogP contribution in [0.5, 0.6) is 0 Å². The molecule has 2 aromatic rings. The van der Waals surface area contributed by atoms with Crippen LogP contribution in [0.1, 0.15) is 15.9 Å². The molecule has 0 radical (unpaired) electrons. The topological polar surface area (TPSA) is 49.3 Å². The molecule has 3 nitrogen and oxygen atoms in total. The Bertz CT molecular complexity index is 496. The van der Waals surface area contributed by atoms with Crippen LogP contribution in [0.2, 0.25) is 0 Å². The highest BCUT2D eigenvalue weighted by molar-refractivity contribution is 5.94. The van der Waals surface area contributed by atoms with Crippen molar-refractivity contribution >= 4 is 5.91 Å². The summed E-state index contributed by atoms with van der Waals surface area (Å²) in [6.45, 7) is 0. The summed E-state index contributed by atoms with van der Waals surface area (Å²) in [5.41, 5.74) is 1.53. The third-order valence-electron chi connectivity index (χ3n) is 2.61. The van der Waals surface area contributed by atoms with Crippen LogP contribution in [0.4, 0.5) is 0 Å². The van der Waals surface area contributed by atoms with Crippen LogP contribution in [-0.4, -0.2) is 17.2 Å². The summed E-state index contributed by atoms with van der Waals surface area (Å²) in [6.07, 6.45) is -0.473. The smallest absolute Gasteiger partial charge is 0.253 e. The third kappa shape index (κ3) is 3.43. The number of aliphatic hydroxyl groups excluding tert-OH is 1. The molecule has 2 aromatic carbocycles. The lowest BCUT2D eigenvalue weighted by atomic mass is 10.1. The zero-order valence-electron chi connectivity index (χ0n) is 9.91. The maximum atomic E-state index is 11.8. The Morgan fingerprint density at radius 2 is 1.56 bits per heavy atom. The van der Waals surface area contributed by atoms with Crippen LogP contribution in [0, 0.1) is 0 Å². The molecular formula is C15H15NO2. The van der Waals surface area contributed by atoms with Gasteiger partial charge in [-0.25, -0.2) is 0 Å². The van der Waals surface area contributed by atoms with Crippen LogP contribution < -0.4 is 5.32 Å². The Labute approximate surface area is 106 Å². The SMILES string of the molecule is O=C(NC(O)Cc1ccccc1)c1ccccc1. The molecule has 2 N–H and O–H groups in total. The van der Waals surface area contributed by atoms with Crippen molar-refractivity contribution in [1.82, 2.24) is 5.32 Å². The number of amides is 1.